The molecule has 5 nitrogen and oxygen atoms in total. The van der Waals surface area contributed by atoms with Gasteiger partial charge in [-0.15, -0.1) is 0 Å². The molecule has 6 heteroatoms. The highest BCUT2D eigenvalue weighted by atomic mass is 35.5. The maximum atomic E-state index is 12.7. The minimum atomic E-state index is -0.470. The molecule has 0 spiro atoms. The predicted octanol–water partition coefficient (Wildman–Crippen LogP) is 3.94. The van der Waals surface area contributed by atoms with Gasteiger partial charge in [0.15, 0.2) is 0 Å². The van der Waals surface area contributed by atoms with E-state index in [1.807, 2.05) is 11.5 Å². The van der Waals surface area contributed by atoms with Gasteiger partial charge >= 0.3 is 0 Å². The van der Waals surface area contributed by atoms with E-state index in [-0.39, 0.29) is 11.0 Å². The summed E-state index contributed by atoms with van der Waals surface area (Å²) >= 11 is 6.02. The van der Waals surface area contributed by atoms with Crippen LogP contribution < -0.4 is 15.5 Å². The van der Waals surface area contributed by atoms with Crippen molar-refractivity contribution in [3.63, 3.8) is 0 Å². The summed E-state index contributed by atoms with van der Waals surface area (Å²) in [5, 5.41) is 3.62. The molecule has 0 fully saturated rings. The molecule has 0 aliphatic rings. The molecule has 128 valence electrons. The zero-order chi connectivity index (χ0) is 18.0. The summed E-state index contributed by atoms with van der Waals surface area (Å²) < 4.78 is 7.00. The van der Waals surface area contributed by atoms with Gasteiger partial charge in [-0.2, -0.15) is 0 Å². The first-order chi connectivity index (χ1) is 12.0. The highest BCUT2D eigenvalue weighted by Gasteiger charge is 2.16. The van der Waals surface area contributed by atoms with Crippen LogP contribution in [0.3, 0.4) is 0 Å². The van der Waals surface area contributed by atoms with Crippen molar-refractivity contribution < 1.29 is 9.53 Å². The van der Waals surface area contributed by atoms with Crippen LogP contribution in [0.4, 0.5) is 5.69 Å². The van der Waals surface area contributed by atoms with Crippen LogP contribution in [0.2, 0.25) is 5.02 Å². The van der Waals surface area contributed by atoms with Gasteiger partial charge in [0.25, 0.3) is 5.91 Å². The Morgan fingerprint density at radius 3 is 2.76 bits per heavy atom. The van der Waals surface area contributed by atoms with Gasteiger partial charge in [0, 0.05) is 34.9 Å². The number of carbonyl (C=O) groups excluding carboxylic acids is 1. The van der Waals surface area contributed by atoms with E-state index in [1.165, 1.54) is 0 Å². The molecular formula is C19H17ClN2O3. The van der Waals surface area contributed by atoms with Gasteiger partial charge in [-0.05, 0) is 37.3 Å². The molecule has 0 bridgehead atoms. The first-order valence-corrected chi connectivity index (χ1v) is 8.19. The van der Waals surface area contributed by atoms with Crippen molar-refractivity contribution in [2.45, 2.75) is 13.5 Å². The standard InChI is InChI=1S/C19H17ClN2O3/c1-3-22-11-16(18(23)15-9-12(20)7-8-17(15)22)19(24)21-13-5-4-6-14(10-13)25-2/h4-11H,3H2,1-2H3,(H,21,24). The van der Waals surface area contributed by atoms with E-state index in [0.717, 1.165) is 5.52 Å². The molecule has 1 aromatic heterocycles. The number of amides is 1. The monoisotopic (exact) mass is 356 g/mol. The van der Waals surface area contributed by atoms with Crippen LogP contribution in [0.5, 0.6) is 5.75 Å². The van der Waals surface area contributed by atoms with Crippen molar-refractivity contribution in [2.24, 2.45) is 0 Å². The lowest BCUT2D eigenvalue weighted by molar-refractivity contribution is 0.102. The average molecular weight is 357 g/mol. The van der Waals surface area contributed by atoms with Crippen LogP contribution in [-0.4, -0.2) is 17.6 Å². The SMILES string of the molecule is CCn1cc(C(=O)Nc2cccc(OC)c2)c(=O)c2cc(Cl)ccc21. The Morgan fingerprint density at radius 1 is 1.24 bits per heavy atom. The molecule has 0 aliphatic heterocycles. The van der Waals surface area contributed by atoms with Crippen molar-refractivity contribution in [3.05, 3.63) is 69.5 Å². The topological polar surface area (TPSA) is 60.3 Å². The maximum Gasteiger partial charge on any atom is 0.261 e. The first-order valence-electron chi connectivity index (χ1n) is 7.81. The number of fused-ring (bicyclic) bond motifs is 1. The zero-order valence-electron chi connectivity index (χ0n) is 13.9. The number of ether oxygens (including phenoxy) is 1. The normalized spacial score (nSPS) is 10.7. The number of methoxy groups -OCH3 is 1. The number of pyridine rings is 1. The number of aryl methyl sites for hydroxylation is 1. The van der Waals surface area contributed by atoms with E-state index in [0.29, 0.717) is 28.4 Å². The molecule has 1 N–H and O–H groups in total. The highest BCUT2D eigenvalue weighted by Crippen LogP contribution is 2.20. The Hall–Kier alpha value is -2.79. The van der Waals surface area contributed by atoms with Crippen molar-refractivity contribution >= 4 is 34.1 Å². The van der Waals surface area contributed by atoms with Gasteiger partial charge in [0.05, 0.1) is 12.6 Å². The molecule has 2 aromatic carbocycles. The van der Waals surface area contributed by atoms with E-state index in [2.05, 4.69) is 5.32 Å². The van der Waals surface area contributed by atoms with Crippen molar-refractivity contribution in [1.82, 2.24) is 4.57 Å². The van der Waals surface area contributed by atoms with Crippen LogP contribution in [0.25, 0.3) is 10.9 Å². The fourth-order valence-corrected chi connectivity index (χ4v) is 2.86. The number of halogens is 1. The van der Waals surface area contributed by atoms with E-state index in [1.54, 1.807) is 55.8 Å². The van der Waals surface area contributed by atoms with Gasteiger partial charge in [0.2, 0.25) is 5.43 Å². The average Bonchev–Trinajstić information content (AvgIpc) is 2.62. The number of rotatable bonds is 4. The Labute approximate surface area is 149 Å². The summed E-state index contributed by atoms with van der Waals surface area (Å²) in [6.07, 6.45) is 1.58. The second-order valence-electron chi connectivity index (χ2n) is 5.51. The van der Waals surface area contributed by atoms with Crippen molar-refractivity contribution in [3.8, 4) is 5.75 Å². The number of carbonyl (C=O) groups is 1. The molecule has 3 aromatic rings. The van der Waals surface area contributed by atoms with Gasteiger partial charge in [-0.1, -0.05) is 17.7 Å². The molecular weight excluding hydrogens is 340 g/mol. The van der Waals surface area contributed by atoms with Crippen LogP contribution in [0, 0.1) is 0 Å². The number of nitrogens with one attached hydrogen (secondary N) is 1. The molecule has 25 heavy (non-hydrogen) atoms. The zero-order valence-corrected chi connectivity index (χ0v) is 14.6. The molecule has 0 saturated carbocycles. The summed E-state index contributed by atoms with van der Waals surface area (Å²) in [4.78, 5) is 25.4. The third-order valence-electron chi connectivity index (χ3n) is 3.96. The Bertz CT molecular complexity index is 1010. The van der Waals surface area contributed by atoms with Crippen LogP contribution in [-0.2, 0) is 6.54 Å². The Balaban J connectivity index is 2.06. The van der Waals surface area contributed by atoms with Crippen LogP contribution >= 0.6 is 11.6 Å². The third kappa shape index (κ3) is 3.37. The Kier molecular flexibility index (Phi) is 4.76. The van der Waals surface area contributed by atoms with E-state index >= 15 is 0 Å². The smallest absolute Gasteiger partial charge is 0.261 e. The fourth-order valence-electron chi connectivity index (χ4n) is 2.69. The lowest BCUT2D eigenvalue weighted by Crippen LogP contribution is -2.23. The predicted molar refractivity (Wildman–Crippen MR) is 99.8 cm³/mol. The van der Waals surface area contributed by atoms with Gasteiger partial charge in [0.1, 0.15) is 11.3 Å². The lowest BCUT2D eigenvalue weighted by Gasteiger charge is -2.12. The summed E-state index contributed by atoms with van der Waals surface area (Å²) in [5.41, 5.74) is 1.02. The third-order valence-corrected chi connectivity index (χ3v) is 4.19. The number of nitrogens with zero attached hydrogens (tertiary/aromatic N) is 1. The van der Waals surface area contributed by atoms with Gasteiger partial charge in [-0.3, -0.25) is 9.59 Å². The highest BCUT2D eigenvalue weighted by molar-refractivity contribution is 6.31. The van der Waals surface area contributed by atoms with Gasteiger partial charge < -0.3 is 14.6 Å². The van der Waals surface area contributed by atoms with Crippen molar-refractivity contribution in [1.29, 1.82) is 0 Å². The molecule has 0 atom stereocenters. The minimum absolute atomic E-state index is 0.0689. The first kappa shape index (κ1) is 17.0. The number of aromatic nitrogens is 1. The second kappa shape index (κ2) is 6.99. The fraction of sp³-hybridized carbons (Fsp3) is 0.158. The summed E-state index contributed by atoms with van der Waals surface area (Å²) in [6.45, 7) is 2.57. The molecule has 0 aliphatic carbocycles. The number of benzene rings is 2. The molecule has 1 amide bonds. The molecule has 0 unspecified atom stereocenters. The number of hydrogen-bond acceptors (Lipinski definition) is 3. The quantitative estimate of drug-likeness (QED) is 0.770. The van der Waals surface area contributed by atoms with Crippen LogP contribution in [0.1, 0.15) is 17.3 Å². The summed E-state index contributed by atoms with van der Waals surface area (Å²) in [6, 6.07) is 12.1. The molecule has 0 saturated heterocycles. The van der Waals surface area contributed by atoms with E-state index in [9.17, 15) is 9.59 Å². The molecule has 3 rings (SSSR count). The summed E-state index contributed by atoms with van der Waals surface area (Å²) in [5.74, 6) is 0.149. The number of anilines is 1. The number of hydrogen-bond donors (Lipinski definition) is 1. The largest absolute Gasteiger partial charge is 0.497 e. The molecule has 0 radical (unpaired) electrons. The lowest BCUT2D eigenvalue weighted by atomic mass is 10.1. The Morgan fingerprint density at radius 2 is 2.04 bits per heavy atom. The second-order valence-corrected chi connectivity index (χ2v) is 5.94. The van der Waals surface area contributed by atoms with E-state index < -0.39 is 5.91 Å². The molecule has 1 heterocycles. The van der Waals surface area contributed by atoms with Gasteiger partial charge in [-0.25, -0.2) is 0 Å². The maximum absolute atomic E-state index is 12.7. The minimum Gasteiger partial charge on any atom is -0.497 e. The summed E-state index contributed by atoms with van der Waals surface area (Å²) in [7, 11) is 1.55. The van der Waals surface area contributed by atoms with Crippen molar-refractivity contribution in [2.75, 3.05) is 12.4 Å². The van der Waals surface area contributed by atoms with Crippen LogP contribution in [0.15, 0.2) is 53.5 Å². The van der Waals surface area contributed by atoms with E-state index in [4.69, 9.17) is 16.3 Å².